The zero-order valence-electron chi connectivity index (χ0n) is 10.1. The van der Waals surface area contributed by atoms with Crippen molar-refractivity contribution in [2.75, 3.05) is 21.1 Å². The second-order valence-corrected chi connectivity index (χ2v) is 6.11. The Morgan fingerprint density at radius 2 is 1.94 bits per heavy atom. The molecule has 0 fully saturated rings. The minimum absolute atomic E-state index is 0.246. The van der Waals surface area contributed by atoms with Gasteiger partial charge in [-0.3, -0.25) is 0 Å². The van der Waals surface area contributed by atoms with Crippen LogP contribution in [0.2, 0.25) is 0 Å². The number of nitriles is 1. The molecule has 0 aliphatic heterocycles. The summed E-state index contributed by atoms with van der Waals surface area (Å²) in [5.74, 6) is 0. The Morgan fingerprint density at radius 3 is 2.47 bits per heavy atom. The minimum Gasteiger partial charge on any atom is -0.195 e. The fourth-order valence-corrected chi connectivity index (χ4v) is 2.23. The topological polar surface area (TPSA) is 64.4 Å². The Kier molecular flexibility index (Phi) is 4.23. The van der Waals surface area contributed by atoms with E-state index < -0.39 is 10.2 Å². The lowest BCUT2D eigenvalue weighted by Gasteiger charge is -2.21. The van der Waals surface area contributed by atoms with Gasteiger partial charge in [0.15, 0.2) is 0 Å². The average molecular weight is 253 g/mol. The predicted molar refractivity (Wildman–Crippen MR) is 65.2 cm³/mol. The van der Waals surface area contributed by atoms with E-state index in [1.807, 2.05) is 6.07 Å². The molecule has 0 N–H and O–H groups in total. The molecule has 0 saturated carbocycles. The van der Waals surface area contributed by atoms with Crippen LogP contribution in [0.4, 0.5) is 0 Å². The van der Waals surface area contributed by atoms with Gasteiger partial charge in [0.2, 0.25) is 0 Å². The largest absolute Gasteiger partial charge is 0.281 e. The van der Waals surface area contributed by atoms with Gasteiger partial charge in [0.25, 0.3) is 10.2 Å². The molecular formula is C11H15N3O2S. The molecule has 0 amide bonds. The van der Waals surface area contributed by atoms with Crippen LogP contribution in [-0.4, -0.2) is 38.2 Å². The third-order valence-electron chi connectivity index (χ3n) is 2.32. The van der Waals surface area contributed by atoms with Gasteiger partial charge in [-0.2, -0.15) is 22.3 Å². The van der Waals surface area contributed by atoms with Crippen LogP contribution < -0.4 is 0 Å². The van der Waals surface area contributed by atoms with Gasteiger partial charge < -0.3 is 0 Å². The van der Waals surface area contributed by atoms with E-state index in [9.17, 15) is 8.42 Å². The summed E-state index contributed by atoms with van der Waals surface area (Å²) in [4.78, 5) is 0. The Morgan fingerprint density at radius 1 is 1.29 bits per heavy atom. The second-order valence-electron chi connectivity index (χ2n) is 3.86. The molecule has 0 heterocycles. The molecule has 1 rings (SSSR count). The van der Waals surface area contributed by atoms with Gasteiger partial charge in [-0.05, 0) is 17.7 Å². The lowest BCUT2D eigenvalue weighted by Crippen LogP contribution is -2.36. The van der Waals surface area contributed by atoms with Crippen LogP contribution in [0.3, 0.4) is 0 Å². The Balaban J connectivity index is 2.89. The lowest BCUT2D eigenvalue weighted by molar-refractivity contribution is 0.414. The average Bonchev–Trinajstić information content (AvgIpc) is 2.29. The van der Waals surface area contributed by atoms with Crippen molar-refractivity contribution in [2.45, 2.75) is 6.54 Å². The molecule has 0 radical (unpaired) electrons. The second kappa shape index (κ2) is 5.27. The molecule has 0 aliphatic rings. The first-order chi connectivity index (χ1) is 7.87. The van der Waals surface area contributed by atoms with Crippen molar-refractivity contribution in [3.8, 4) is 6.07 Å². The quantitative estimate of drug-likeness (QED) is 0.797. The lowest BCUT2D eigenvalue weighted by atomic mass is 10.1. The molecule has 0 saturated heterocycles. The van der Waals surface area contributed by atoms with E-state index in [2.05, 4.69) is 0 Å². The molecule has 0 bridgehead atoms. The SMILES string of the molecule is CN(C)S(=O)(=O)N(C)Cc1cccc(C#N)c1. The minimum atomic E-state index is -3.41. The Hall–Kier alpha value is -1.42. The first-order valence-electron chi connectivity index (χ1n) is 5.00. The van der Waals surface area contributed by atoms with Crippen molar-refractivity contribution in [1.82, 2.24) is 8.61 Å². The molecule has 0 aromatic heterocycles. The normalized spacial score (nSPS) is 11.8. The maximum atomic E-state index is 11.8. The number of benzene rings is 1. The summed E-state index contributed by atoms with van der Waals surface area (Å²) >= 11 is 0. The zero-order valence-corrected chi connectivity index (χ0v) is 10.9. The maximum Gasteiger partial charge on any atom is 0.281 e. The standard InChI is InChI=1S/C11H15N3O2S/c1-13(2)17(15,16)14(3)9-11-6-4-5-10(7-11)8-12/h4-7H,9H2,1-3H3. The molecule has 0 spiro atoms. The van der Waals surface area contributed by atoms with Crippen LogP contribution in [0.25, 0.3) is 0 Å². The number of nitrogens with zero attached hydrogens (tertiary/aromatic N) is 3. The predicted octanol–water partition coefficient (Wildman–Crippen LogP) is 0.796. The highest BCUT2D eigenvalue weighted by atomic mass is 32.2. The van der Waals surface area contributed by atoms with E-state index in [1.54, 1.807) is 24.3 Å². The van der Waals surface area contributed by atoms with Gasteiger partial charge >= 0.3 is 0 Å². The van der Waals surface area contributed by atoms with Crippen molar-refractivity contribution in [3.63, 3.8) is 0 Å². The fraction of sp³-hybridized carbons (Fsp3) is 0.364. The summed E-state index contributed by atoms with van der Waals surface area (Å²) in [5.41, 5.74) is 1.31. The van der Waals surface area contributed by atoms with E-state index >= 15 is 0 Å². The third kappa shape index (κ3) is 3.27. The van der Waals surface area contributed by atoms with E-state index in [4.69, 9.17) is 5.26 Å². The molecule has 0 unspecified atom stereocenters. The van der Waals surface area contributed by atoms with Crippen LogP contribution in [0.15, 0.2) is 24.3 Å². The molecule has 0 atom stereocenters. The summed E-state index contributed by atoms with van der Waals surface area (Å²) in [5, 5.41) is 8.75. The van der Waals surface area contributed by atoms with E-state index in [0.717, 1.165) is 9.87 Å². The molecule has 1 aromatic carbocycles. The Bertz CT molecular complexity index is 532. The van der Waals surface area contributed by atoms with Crippen molar-refractivity contribution in [2.24, 2.45) is 0 Å². The van der Waals surface area contributed by atoms with Gasteiger partial charge in [-0.1, -0.05) is 12.1 Å². The maximum absolute atomic E-state index is 11.8. The van der Waals surface area contributed by atoms with Crippen LogP contribution in [0.1, 0.15) is 11.1 Å². The first kappa shape index (κ1) is 13.6. The summed E-state index contributed by atoms with van der Waals surface area (Å²) in [6, 6.07) is 8.92. The van der Waals surface area contributed by atoms with Crippen LogP contribution in [0.5, 0.6) is 0 Å². The molecule has 0 aliphatic carbocycles. The van der Waals surface area contributed by atoms with E-state index in [-0.39, 0.29) is 6.54 Å². The van der Waals surface area contributed by atoms with Crippen LogP contribution >= 0.6 is 0 Å². The molecular weight excluding hydrogens is 238 g/mol. The zero-order chi connectivity index (χ0) is 13.1. The van der Waals surface area contributed by atoms with E-state index in [0.29, 0.717) is 5.56 Å². The number of hydrogen-bond donors (Lipinski definition) is 0. The summed E-state index contributed by atoms with van der Waals surface area (Å²) in [7, 11) is 1.06. The fourth-order valence-electron chi connectivity index (χ4n) is 1.36. The van der Waals surface area contributed by atoms with Crippen molar-refractivity contribution >= 4 is 10.2 Å². The molecule has 6 heteroatoms. The van der Waals surface area contributed by atoms with Crippen molar-refractivity contribution < 1.29 is 8.42 Å². The summed E-state index contributed by atoms with van der Waals surface area (Å²) in [6.07, 6.45) is 0. The highest BCUT2D eigenvalue weighted by Gasteiger charge is 2.20. The molecule has 92 valence electrons. The molecule has 17 heavy (non-hydrogen) atoms. The van der Waals surface area contributed by atoms with Crippen molar-refractivity contribution in [3.05, 3.63) is 35.4 Å². The summed E-state index contributed by atoms with van der Waals surface area (Å²) < 4.78 is 25.9. The van der Waals surface area contributed by atoms with Crippen LogP contribution in [0, 0.1) is 11.3 Å². The molecule has 5 nitrogen and oxygen atoms in total. The number of rotatable bonds is 4. The van der Waals surface area contributed by atoms with Crippen molar-refractivity contribution in [1.29, 1.82) is 5.26 Å². The first-order valence-corrected chi connectivity index (χ1v) is 6.40. The Labute approximate surface area is 102 Å². The van der Waals surface area contributed by atoms with Crippen LogP contribution in [-0.2, 0) is 16.8 Å². The van der Waals surface area contributed by atoms with Gasteiger partial charge in [-0.15, -0.1) is 0 Å². The van der Waals surface area contributed by atoms with E-state index in [1.165, 1.54) is 25.4 Å². The highest BCUT2D eigenvalue weighted by Crippen LogP contribution is 2.10. The molecule has 1 aromatic rings. The van der Waals surface area contributed by atoms with Gasteiger partial charge in [0.05, 0.1) is 11.6 Å². The van der Waals surface area contributed by atoms with Gasteiger partial charge in [-0.25, -0.2) is 0 Å². The summed E-state index contributed by atoms with van der Waals surface area (Å²) in [6.45, 7) is 0.246. The van der Waals surface area contributed by atoms with Gasteiger partial charge in [0.1, 0.15) is 0 Å². The smallest absolute Gasteiger partial charge is 0.195 e. The number of hydrogen-bond acceptors (Lipinski definition) is 3. The van der Waals surface area contributed by atoms with Gasteiger partial charge in [0, 0.05) is 27.7 Å². The highest BCUT2D eigenvalue weighted by molar-refractivity contribution is 7.86. The monoisotopic (exact) mass is 253 g/mol. The third-order valence-corrected chi connectivity index (χ3v) is 4.16.